The molecule has 3 aromatic rings. The van der Waals surface area contributed by atoms with Gasteiger partial charge in [-0.2, -0.15) is 4.39 Å². The van der Waals surface area contributed by atoms with Gasteiger partial charge in [0.15, 0.2) is 0 Å². The fraction of sp³-hybridized carbons (Fsp3) is 0.333. The van der Waals surface area contributed by atoms with E-state index in [1.165, 1.54) is 0 Å². The molecular weight excluding hydrogens is 431 g/mol. The molecule has 0 spiro atoms. The Hall–Kier alpha value is -3.45. The molecule has 6 nitrogen and oxygen atoms in total. The molecule has 1 unspecified atom stereocenters. The summed E-state index contributed by atoms with van der Waals surface area (Å²) < 4.78 is 21.0. The number of fused-ring (bicyclic) bond motifs is 1. The van der Waals surface area contributed by atoms with Gasteiger partial charge in [0.25, 0.3) is 5.91 Å². The van der Waals surface area contributed by atoms with Gasteiger partial charge in [-0.3, -0.25) is 4.79 Å². The normalized spacial score (nSPS) is 19.3. The van der Waals surface area contributed by atoms with Crippen LogP contribution >= 0.6 is 0 Å². The lowest BCUT2D eigenvalue weighted by Gasteiger charge is -2.36. The van der Waals surface area contributed by atoms with Gasteiger partial charge < -0.3 is 21.1 Å². The van der Waals surface area contributed by atoms with Crippen molar-refractivity contribution >= 4 is 11.7 Å². The Bertz CT molecular complexity index is 1240. The molecule has 0 bridgehead atoms. The second-order valence-electron chi connectivity index (χ2n) is 9.71. The van der Waals surface area contributed by atoms with Crippen molar-refractivity contribution in [1.82, 2.24) is 15.6 Å². The molecule has 0 radical (unpaired) electrons. The molecule has 1 amide bonds. The standard InChI is InChI=1S/C27H29FN4O2/c1-27(2)15-20(10-12-31-27)34-19-6-3-16(4-7-19)22-14-23(25(29)32-24(22)28)17-5-8-21-18(13-17)9-11-30-26(21)33/h3-8,13-14,20,31H,9-12,15H2,1-2H3,(H2,29,32)(H,30,33). The van der Waals surface area contributed by atoms with E-state index in [1.54, 1.807) is 12.1 Å². The number of pyridine rings is 1. The molecule has 7 heteroatoms. The van der Waals surface area contributed by atoms with Crippen LogP contribution in [0.5, 0.6) is 5.75 Å². The average Bonchev–Trinajstić information content (AvgIpc) is 2.79. The smallest absolute Gasteiger partial charge is 0.251 e. The quantitative estimate of drug-likeness (QED) is 0.504. The Morgan fingerprint density at radius 3 is 2.56 bits per heavy atom. The number of amides is 1. The van der Waals surface area contributed by atoms with Crippen molar-refractivity contribution in [3.8, 4) is 28.0 Å². The minimum absolute atomic E-state index is 0.0541. The number of ether oxygens (including phenoxy) is 1. The second-order valence-corrected chi connectivity index (χ2v) is 9.71. The summed E-state index contributed by atoms with van der Waals surface area (Å²) in [6, 6.07) is 14.7. The molecule has 1 aromatic heterocycles. The highest BCUT2D eigenvalue weighted by Gasteiger charge is 2.28. The number of carbonyl (C=O) groups is 1. The number of nitrogens with two attached hydrogens (primary N) is 1. The number of nitrogen functional groups attached to an aromatic ring is 1. The summed E-state index contributed by atoms with van der Waals surface area (Å²) in [7, 11) is 0. The molecule has 0 saturated carbocycles. The molecule has 3 heterocycles. The van der Waals surface area contributed by atoms with Crippen LogP contribution in [0.2, 0.25) is 0 Å². The molecule has 2 aromatic carbocycles. The minimum atomic E-state index is -0.618. The predicted molar refractivity (Wildman–Crippen MR) is 131 cm³/mol. The van der Waals surface area contributed by atoms with E-state index in [-0.39, 0.29) is 23.4 Å². The molecule has 34 heavy (non-hydrogen) atoms. The SMILES string of the molecule is CC1(C)CC(Oc2ccc(-c3cc(-c4ccc5c(c4)CCNC5=O)c(N)nc3F)cc2)CCN1. The van der Waals surface area contributed by atoms with E-state index in [9.17, 15) is 9.18 Å². The van der Waals surface area contributed by atoms with Gasteiger partial charge in [0, 0.05) is 35.2 Å². The number of nitrogens with zero attached hydrogens (tertiary/aromatic N) is 1. The largest absolute Gasteiger partial charge is 0.490 e. The predicted octanol–water partition coefficient (Wildman–Crippen LogP) is 4.33. The number of aromatic nitrogens is 1. The van der Waals surface area contributed by atoms with Crippen LogP contribution in [0.15, 0.2) is 48.5 Å². The van der Waals surface area contributed by atoms with Crippen molar-refractivity contribution in [1.29, 1.82) is 0 Å². The Morgan fingerprint density at radius 2 is 1.79 bits per heavy atom. The maximum absolute atomic E-state index is 14.8. The number of hydrogen-bond donors (Lipinski definition) is 3. The van der Waals surface area contributed by atoms with Gasteiger partial charge in [0.1, 0.15) is 17.7 Å². The first kappa shape index (κ1) is 22.3. The lowest BCUT2D eigenvalue weighted by atomic mass is 9.91. The second kappa shape index (κ2) is 8.72. The third-order valence-electron chi connectivity index (χ3n) is 6.62. The van der Waals surface area contributed by atoms with Gasteiger partial charge in [-0.1, -0.05) is 24.3 Å². The molecule has 1 atom stereocenters. The molecule has 176 valence electrons. The molecule has 4 N–H and O–H groups in total. The van der Waals surface area contributed by atoms with Crippen LogP contribution in [0.4, 0.5) is 10.2 Å². The van der Waals surface area contributed by atoms with Crippen molar-refractivity contribution in [2.45, 2.75) is 44.8 Å². The number of piperidine rings is 1. The van der Waals surface area contributed by atoms with Gasteiger partial charge in [0.05, 0.1) is 0 Å². The molecule has 2 aliphatic heterocycles. The summed E-state index contributed by atoms with van der Waals surface area (Å²) in [6.45, 7) is 5.88. The summed E-state index contributed by atoms with van der Waals surface area (Å²) >= 11 is 0. The lowest BCUT2D eigenvalue weighted by Crippen LogP contribution is -2.49. The molecule has 2 aliphatic rings. The zero-order chi connectivity index (χ0) is 23.9. The molecule has 1 fully saturated rings. The number of halogens is 1. The average molecular weight is 461 g/mol. The zero-order valence-corrected chi connectivity index (χ0v) is 19.5. The third kappa shape index (κ3) is 4.48. The highest BCUT2D eigenvalue weighted by atomic mass is 19.1. The Kier molecular flexibility index (Phi) is 5.73. The van der Waals surface area contributed by atoms with Crippen molar-refractivity contribution in [2.75, 3.05) is 18.8 Å². The first-order valence-corrected chi connectivity index (χ1v) is 11.7. The fourth-order valence-corrected chi connectivity index (χ4v) is 4.85. The highest BCUT2D eigenvalue weighted by molar-refractivity contribution is 5.97. The Labute approximate surface area is 198 Å². The number of rotatable bonds is 4. The van der Waals surface area contributed by atoms with Crippen molar-refractivity contribution in [2.24, 2.45) is 0 Å². The van der Waals surface area contributed by atoms with Crippen molar-refractivity contribution < 1.29 is 13.9 Å². The van der Waals surface area contributed by atoms with Crippen LogP contribution < -0.4 is 21.1 Å². The molecule has 5 rings (SSSR count). The van der Waals surface area contributed by atoms with E-state index in [2.05, 4.69) is 29.5 Å². The maximum Gasteiger partial charge on any atom is 0.251 e. The molecule has 1 saturated heterocycles. The van der Waals surface area contributed by atoms with E-state index in [4.69, 9.17) is 10.5 Å². The Balaban J connectivity index is 1.41. The van der Waals surface area contributed by atoms with Crippen LogP contribution in [0.25, 0.3) is 22.3 Å². The summed E-state index contributed by atoms with van der Waals surface area (Å²) in [6.07, 6.45) is 2.77. The molecule has 0 aliphatic carbocycles. The number of anilines is 1. The number of benzene rings is 2. The Morgan fingerprint density at radius 1 is 1.03 bits per heavy atom. The van der Waals surface area contributed by atoms with Gasteiger partial charge in [0.2, 0.25) is 5.95 Å². The lowest BCUT2D eigenvalue weighted by molar-refractivity contribution is 0.0946. The first-order chi connectivity index (χ1) is 16.3. The minimum Gasteiger partial charge on any atom is -0.490 e. The van der Waals surface area contributed by atoms with E-state index in [1.807, 2.05) is 36.4 Å². The number of hydrogen-bond acceptors (Lipinski definition) is 5. The summed E-state index contributed by atoms with van der Waals surface area (Å²) in [4.78, 5) is 16.0. The van der Waals surface area contributed by atoms with Crippen LogP contribution in [-0.4, -0.2) is 35.6 Å². The van der Waals surface area contributed by atoms with Crippen LogP contribution in [0.1, 0.15) is 42.6 Å². The van der Waals surface area contributed by atoms with E-state index >= 15 is 0 Å². The van der Waals surface area contributed by atoms with Gasteiger partial charge >= 0.3 is 0 Å². The summed E-state index contributed by atoms with van der Waals surface area (Å²) in [5.41, 5.74) is 10.3. The fourth-order valence-electron chi connectivity index (χ4n) is 4.85. The van der Waals surface area contributed by atoms with Crippen LogP contribution in [-0.2, 0) is 6.42 Å². The number of carbonyl (C=O) groups excluding carboxylic acids is 1. The zero-order valence-electron chi connectivity index (χ0n) is 19.5. The summed E-state index contributed by atoms with van der Waals surface area (Å²) in [5.74, 6) is 0.194. The van der Waals surface area contributed by atoms with E-state index in [0.717, 1.165) is 42.7 Å². The topological polar surface area (TPSA) is 89.3 Å². The maximum atomic E-state index is 14.8. The number of nitrogens with one attached hydrogen (secondary N) is 2. The van der Waals surface area contributed by atoms with Crippen LogP contribution in [0, 0.1) is 5.95 Å². The van der Waals surface area contributed by atoms with Gasteiger partial charge in [-0.25, -0.2) is 4.98 Å². The van der Waals surface area contributed by atoms with E-state index < -0.39 is 5.95 Å². The van der Waals surface area contributed by atoms with Crippen molar-refractivity contribution in [3.05, 3.63) is 65.6 Å². The van der Waals surface area contributed by atoms with Gasteiger partial charge in [-0.15, -0.1) is 0 Å². The first-order valence-electron chi connectivity index (χ1n) is 11.7. The van der Waals surface area contributed by atoms with E-state index in [0.29, 0.717) is 28.8 Å². The monoisotopic (exact) mass is 460 g/mol. The van der Waals surface area contributed by atoms with Crippen LogP contribution in [0.3, 0.4) is 0 Å². The highest BCUT2D eigenvalue weighted by Crippen LogP contribution is 2.34. The third-order valence-corrected chi connectivity index (χ3v) is 6.62. The molecular formula is C27H29FN4O2. The van der Waals surface area contributed by atoms with Crippen molar-refractivity contribution in [3.63, 3.8) is 0 Å². The van der Waals surface area contributed by atoms with Gasteiger partial charge in [-0.05, 0) is 74.2 Å². The summed E-state index contributed by atoms with van der Waals surface area (Å²) in [5, 5.41) is 6.34.